The second-order valence-corrected chi connectivity index (χ2v) is 6.49. The minimum Gasteiger partial charge on any atom is -0.359 e. The number of rotatable bonds is 8. The van der Waals surface area contributed by atoms with Crippen LogP contribution in [0.3, 0.4) is 0 Å². The zero-order valence-electron chi connectivity index (χ0n) is 15.7. The van der Waals surface area contributed by atoms with Crippen LogP contribution in [0.15, 0.2) is 41.4 Å². The number of hydrogen-bond acceptors (Lipinski definition) is 8. The van der Waals surface area contributed by atoms with Crippen LogP contribution in [0.4, 0.5) is 17.6 Å². The Morgan fingerprint density at radius 1 is 1.18 bits per heavy atom. The van der Waals surface area contributed by atoms with Crippen molar-refractivity contribution in [1.82, 2.24) is 34.9 Å². The van der Waals surface area contributed by atoms with Crippen molar-refractivity contribution in [1.29, 1.82) is 0 Å². The molecule has 0 aliphatic heterocycles. The fraction of sp³-hybridized carbons (Fsp3) is 0.278. The second kappa shape index (κ2) is 7.91. The summed E-state index contributed by atoms with van der Waals surface area (Å²) in [5.74, 6) is 2.56. The van der Waals surface area contributed by atoms with E-state index in [-0.39, 0.29) is 0 Å². The number of H-pyrrole nitrogens is 1. The van der Waals surface area contributed by atoms with Crippen LogP contribution in [0.1, 0.15) is 22.8 Å². The monoisotopic (exact) mass is 379 g/mol. The molecule has 4 aromatic rings. The van der Waals surface area contributed by atoms with Gasteiger partial charge >= 0.3 is 0 Å². The van der Waals surface area contributed by atoms with E-state index in [0.717, 1.165) is 35.7 Å². The first-order valence-electron chi connectivity index (χ1n) is 8.91. The summed E-state index contributed by atoms with van der Waals surface area (Å²) in [5, 5.41) is 17.5. The molecular weight excluding hydrogens is 358 g/mol. The molecule has 0 spiro atoms. The average molecular weight is 379 g/mol. The normalized spacial score (nSPS) is 10.9. The molecule has 10 nitrogen and oxygen atoms in total. The van der Waals surface area contributed by atoms with Crippen LogP contribution in [0.25, 0.3) is 0 Å². The third kappa shape index (κ3) is 4.53. The number of hydrogen-bond donors (Lipinski definition) is 3. The van der Waals surface area contributed by atoms with Gasteiger partial charge in [0.15, 0.2) is 11.6 Å². The largest absolute Gasteiger partial charge is 0.359 e. The van der Waals surface area contributed by atoms with Gasteiger partial charge in [-0.2, -0.15) is 10.1 Å². The first-order valence-corrected chi connectivity index (χ1v) is 8.91. The van der Waals surface area contributed by atoms with E-state index in [9.17, 15) is 0 Å². The molecule has 0 bridgehead atoms. The lowest BCUT2D eigenvalue weighted by molar-refractivity contribution is 0.384. The summed E-state index contributed by atoms with van der Waals surface area (Å²) >= 11 is 0. The maximum atomic E-state index is 5.17. The van der Waals surface area contributed by atoms with Gasteiger partial charge in [0.1, 0.15) is 5.82 Å². The summed E-state index contributed by atoms with van der Waals surface area (Å²) in [6.45, 7) is 2.34. The minimum absolute atomic E-state index is 0.463. The van der Waals surface area contributed by atoms with E-state index in [0.29, 0.717) is 24.1 Å². The summed E-state index contributed by atoms with van der Waals surface area (Å²) in [5.41, 5.74) is 2.92. The van der Waals surface area contributed by atoms with E-state index < -0.39 is 0 Å². The summed E-state index contributed by atoms with van der Waals surface area (Å²) in [6.07, 6.45) is 7.19. The van der Waals surface area contributed by atoms with E-state index in [1.54, 1.807) is 18.6 Å². The highest BCUT2D eigenvalue weighted by Crippen LogP contribution is 2.15. The van der Waals surface area contributed by atoms with E-state index in [4.69, 9.17) is 4.52 Å². The molecule has 0 fully saturated rings. The lowest BCUT2D eigenvalue weighted by Crippen LogP contribution is -2.04. The van der Waals surface area contributed by atoms with Crippen LogP contribution in [0.5, 0.6) is 0 Å². The fourth-order valence-electron chi connectivity index (χ4n) is 2.72. The van der Waals surface area contributed by atoms with Gasteiger partial charge in [-0.25, -0.2) is 9.97 Å². The molecule has 0 aromatic carbocycles. The van der Waals surface area contributed by atoms with Gasteiger partial charge in [-0.1, -0.05) is 5.16 Å². The minimum atomic E-state index is 0.463. The molecule has 4 rings (SSSR count). The fourth-order valence-corrected chi connectivity index (χ4v) is 2.72. The Morgan fingerprint density at radius 3 is 2.89 bits per heavy atom. The van der Waals surface area contributed by atoms with Gasteiger partial charge in [0.05, 0.1) is 24.3 Å². The molecule has 10 heteroatoms. The van der Waals surface area contributed by atoms with Crippen molar-refractivity contribution >= 4 is 17.6 Å². The van der Waals surface area contributed by atoms with Crippen molar-refractivity contribution < 1.29 is 4.52 Å². The molecule has 4 aromatic heterocycles. The SMILES string of the molecule is Cc1cc(CNc2nccc(Nc3cc(CCc4cn(C)cn4)[nH]n3)n2)on1. The molecule has 0 saturated heterocycles. The molecule has 3 N–H and O–H groups in total. The summed E-state index contributed by atoms with van der Waals surface area (Å²) in [6, 6.07) is 5.62. The smallest absolute Gasteiger partial charge is 0.224 e. The average Bonchev–Trinajstić information content (AvgIpc) is 3.41. The highest BCUT2D eigenvalue weighted by atomic mass is 16.5. The number of imidazole rings is 1. The quantitative estimate of drug-likeness (QED) is 0.426. The van der Waals surface area contributed by atoms with Crippen molar-refractivity contribution in [3.8, 4) is 0 Å². The predicted octanol–water partition coefficient (Wildman–Crippen LogP) is 2.37. The Morgan fingerprint density at radius 2 is 2.11 bits per heavy atom. The number of nitrogens with one attached hydrogen (secondary N) is 3. The van der Waals surface area contributed by atoms with Crippen LogP contribution < -0.4 is 10.6 Å². The molecule has 0 atom stereocenters. The van der Waals surface area contributed by atoms with Gasteiger partial charge in [-0.3, -0.25) is 5.10 Å². The zero-order valence-corrected chi connectivity index (χ0v) is 15.7. The van der Waals surface area contributed by atoms with Crippen molar-refractivity contribution in [2.45, 2.75) is 26.3 Å². The molecule has 4 heterocycles. The van der Waals surface area contributed by atoms with Gasteiger partial charge in [-0.15, -0.1) is 0 Å². The van der Waals surface area contributed by atoms with Crippen molar-refractivity contribution in [3.05, 3.63) is 59.8 Å². The molecule has 0 unspecified atom stereocenters. The van der Waals surface area contributed by atoms with E-state index in [1.165, 1.54) is 0 Å². The molecule has 28 heavy (non-hydrogen) atoms. The Hall–Kier alpha value is -3.69. The van der Waals surface area contributed by atoms with Crippen LogP contribution >= 0.6 is 0 Å². The van der Waals surface area contributed by atoms with Crippen LogP contribution in [-0.2, 0) is 26.4 Å². The van der Waals surface area contributed by atoms with E-state index in [2.05, 4.69) is 40.9 Å². The molecule has 0 saturated carbocycles. The lowest BCUT2D eigenvalue weighted by atomic mass is 10.2. The maximum Gasteiger partial charge on any atom is 0.224 e. The number of aryl methyl sites for hydroxylation is 4. The van der Waals surface area contributed by atoms with Crippen LogP contribution in [0, 0.1) is 6.92 Å². The first-order chi connectivity index (χ1) is 13.6. The molecule has 0 radical (unpaired) electrons. The van der Waals surface area contributed by atoms with E-state index >= 15 is 0 Å². The summed E-state index contributed by atoms with van der Waals surface area (Å²) in [7, 11) is 1.96. The molecular formula is C18H21N9O. The van der Waals surface area contributed by atoms with Gasteiger partial charge < -0.3 is 19.7 Å². The van der Waals surface area contributed by atoms with Crippen molar-refractivity contribution in [2.75, 3.05) is 10.6 Å². The third-order valence-corrected chi connectivity index (χ3v) is 4.05. The molecule has 0 amide bonds. The highest BCUT2D eigenvalue weighted by Gasteiger charge is 2.06. The lowest BCUT2D eigenvalue weighted by Gasteiger charge is -2.05. The van der Waals surface area contributed by atoms with E-state index in [1.807, 2.05) is 36.9 Å². The number of aromatic amines is 1. The maximum absolute atomic E-state index is 5.17. The standard InChI is InChI=1S/C18H21N9O/c1-12-7-15(28-26-12)9-20-18-19-6-5-16(23-18)22-17-8-13(24-25-17)3-4-14-10-27(2)11-21-14/h5-8,10-11H,3-4,9H2,1-2H3,(H3,19,20,22,23,24,25). The molecule has 0 aliphatic rings. The Kier molecular flexibility index (Phi) is 5.00. The summed E-state index contributed by atoms with van der Waals surface area (Å²) < 4.78 is 7.11. The van der Waals surface area contributed by atoms with Crippen molar-refractivity contribution in [3.63, 3.8) is 0 Å². The van der Waals surface area contributed by atoms with Crippen LogP contribution in [0.2, 0.25) is 0 Å². The Labute approximate surface area is 161 Å². The zero-order chi connectivity index (χ0) is 19.3. The number of anilines is 3. The molecule has 144 valence electrons. The number of aromatic nitrogens is 7. The van der Waals surface area contributed by atoms with Gasteiger partial charge in [0.2, 0.25) is 5.95 Å². The topological polar surface area (TPSA) is 122 Å². The predicted molar refractivity (Wildman–Crippen MR) is 103 cm³/mol. The second-order valence-electron chi connectivity index (χ2n) is 6.49. The Balaban J connectivity index is 1.33. The third-order valence-electron chi connectivity index (χ3n) is 4.05. The first kappa shape index (κ1) is 17.7. The highest BCUT2D eigenvalue weighted by molar-refractivity contribution is 5.52. The van der Waals surface area contributed by atoms with Gasteiger partial charge in [0.25, 0.3) is 0 Å². The van der Waals surface area contributed by atoms with Crippen LogP contribution in [-0.4, -0.2) is 34.9 Å². The van der Waals surface area contributed by atoms with Crippen molar-refractivity contribution in [2.24, 2.45) is 7.05 Å². The number of nitrogens with zero attached hydrogens (tertiary/aromatic N) is 6. The van der Waals surface area contributed by atoms with Gasteiger partial charge in [0, 0.05) is 37.3 Å². The Bertz CT molecular complexity index is 1050. The molecule has 0 aliphatic carbocycles. The summed E-state index contributed by atoms with van der Waals surface area (Å²) in [4.78, 5) is 13.0. The van der Waals surface area contributed by atoms with Gasteiger partial charge in [-0.05, 0) is 25.8 Å².